The Morgan fingerprint density at radius 2 is 1.88 bits per heavy atom. The van der Waals surface area contributed by atoms with Crippen LogP contribution in [0.5, 0.6) is 0 Å². The number of methoxy groups -OCH3 is 2. The summed E-state index contributed by atoms with van der Waals surface area (Å²) in [5.41, 5.74) is 1.18. The summed E-state index contributed by atoms with van der Waals surface area (Å²) >= 11 is 0. The second-order valence-electron chi connectivity index (χ2n) is 4.08. The molecule has 0 aliphatic rings. The second-order valence-corrected chi connectivity index (χ2v) is 4.08. The quantitative estimate of drug-likeness (QED) is 0.753. The van der Waals surface area contributed by atoms with Gasteiger partial charge in [-0.1, -0.05) is 37.3 Å². The summed E-state index contributed by atoms with van der Waals surface area (Å²) in [6.45, 7) is 3.77. The van der Waals surface area contributed by atoms with Crippen molar-refractivity contribution in [3.05, 3.63) is 35.9 Å². The third-order valence-electron chi connectivity index (χ3n) is 2.75. The van der Waals surface area contributed by atoms with Crippen molar-refractivity contribution in [1.82, 2.24) is 5.32 Å². The molecule has 1 rings (SSSR count). The molecule has 2 atom stereocenters. The van der Waals surface area contributed by atoms with E-state index in [0.29, 0.717) is 6.61 Å². The molecule has 1 aromatic rings. The number of rotatable bonds is 8. The minimum atomic E-state index is 0.0303. The fourth-order valence-electron chi connectivity index (χ4n) is 1.94. The normalized spacial score (nSPS) is 14.5. The SMILES string of the molecule is CCCNC(COC)C(OC)c1ccccc1. The topological polar surface area (TPSA) is 30.5 Å². The van der Waals surface area contributed by atoms with Crippen molar-refractivity contribution in [3.8, 4) is 0 Å². The molecule has 0 aliphatic carbocycles. The summed E-state index contributed by atoms with van der Waals surface area (Å²) in [6, 6.07) is 10.4. The van der Waals surface area contributed by atoms with E-state index in [0.717, 1.165) is 13.0 Å². The Morgan fingerprint density at radius 1 is 1.18 bits per heavy atom. The van der Waals surface area contributed by atoms with Gasteiger partial charge in [-0.25, -0.2) is 0 Å². The van der Waals surface area contributed by atoms with Gasteiger partial charge in [0.15, 0.2) is 0 Å². The van der Waals surface area contributed by atoms with Gasteiger partial charge >= 0.3 is 0 Å². The van der Waals surface area contributed by atoms with E-state index < -0.39 is 0 Å². The molecule has 17 heavy (non-hydrogen) atoms. The first-order chi connectivity index (χ1) is 8.33. The summed E-state index contributed by atoms with van der Waals surface area (Å²) in [7, 11) is 3.46. The third-order valence-corrected chi connectivity index (χ3v) is 2.75. The van der Waals surface area contributed by atoms with Crippen molar-refractivity contribution in [2.45, 2.75) is 25.5 Å². The van der Waals surface area contributed by atoms with Gasteiger partial charge in [0, 0.05) is 14.2 Å². The van der Waals surface area contributed by atoms with E-state index in [-0.39, 0.29) is 12.1 Å². The lowest BCUT2D eigenvalue weighted by atomic mass is 10.0. The van der Waals surface area contributed by atoms with Gasteiger partial charge in [-0.05, 0) is 18.5 Å². The van der Waals surface area contributed by atoms with Crippen LogP contribution in [0.4, 0.5) is 0 Å². The molecule has 0 radical (unpaired) electrons. The van der Waals surface area contributed by atoms with E-state index >= 15 is 0 Å². The molecule has 1 N–H and O–H groups in total. The number of hydrogen-bond acceptors (Lipinski definition) is 3. The Morgan fingerprint density at radius 3 is 2.41 bits per heavy atom. The fraction of sp³-hybridized carbons (Fsp3) is 0.571. The van der Waals surface area contributed by atoms with Crippen molar-refractivity contribution in [1.29, 1.82) is 0 Å². The van der Waals surface area contributed by atoms with E-state index in [2.05, 4.69) is 24.4 Å². The molecule has 0 amide bonds. The lowest BCUT2D eigenvalue weighted by Crippen LogP contribution is -2.39. The average Bonchev–Trinajstić information content (AvgIpc) is 2.38. The highest BCUT2D eigenvalue weighted by atomic mass is 16.5. The predicted octanol–water partition coefficient (Wildman–Crippen LogP) is 2.39. The van der Waals surface area contributed by atoms with E-state index in [1.807, 2.05) is 18.2 Å². The highest BCUT2D eigenvalue weighted by Crippen LogP contribution is 2.20. The van der Waals surface area contributed by atoms with Crippen LogP contribution in [-0.2, 0) is 9.47 Å². The molecule has 0 saturated heterocycles. The van der Waals surface area contributed by atoms with Gasteiger partial charge in [0.05, 0.1) is 18.8 Å². The number of hydrogen-bond donors (Lipinski definition) is 1. The first kappa shape index (κ1) is 14.2. The van der Waals surface area contributed by atoms with E-state index in [1.54, 1.807) is 14.2 Å². The number of nitrogens with one attached hydrogen (secondary N) is 1. The summed E-state index contributed by atoms with van der Waals surface area (Å²) < 4.78 is 10.9. The zero-order chi connectivity index (χ0) is 12.5. The first-order valence-corrected chi connectivity index (χ1v) is 6.13. The Bertz CT molecular complexity index is 290. The molecule has 0 aromatic heterocycles. The maximum atomic E-state index is 5.61. The Kier molecular flexibility index (Phi) is 6.86. The maximum Gasteiger partial charge on any atom is 0.0996 e. The highest BCUT2D eigenvalue weighted by Gasteiger charge is 2.21. The average molecular weight is 237 g/mol. The van der Waals surface area contributed by atoms with Crippen molar-refractivity contribution >= 4 is 0 Å². The molecule has 1 aromatic carbocycles. The molecule has 0 saturated carbocycles. The monoisotopic (exact) mass is 237 g/mol. The van der Waals surface area contributed by atoms with Gasteiger partial charge in [0.1, 0.15) is 0 Å². The Labute approximate surface area is 104 Å². The summed E-state index contributed by atoms with van der Waals surface area (Å²) in [5.74, 6) is 0. The number of benzene rings is 1. The second kappa shape index (κ2) is 8.23. The molecular formula is C14H23NO2. The van der Waals surface area contributed by atoms with E-state index in [4.69, 9.17) is 9.47 Å². The zero-order valence-corrected chi connectivity index (χ0v) is 11.0. The summed E-state index contributed by atoms with van der Waals surface area (Å²) in [5, 5.41) is 3.47. The van der Waals surface area contributed by atoms with Crippen LogP contribution in [0.15, 0.2) is 30.3 Å². The molecule has 3 nitrogen and oxygen atoms in total. The van der Waals surface area contributed by atoms with Crippen molar-refractivity contribution < 1.29 is 9.47 Å². The third kappa shape index (κ3) is 4.46. The summed E-state index contributed by atoms with van der Waals surface area (Å²) in [4.78, 5) is 0. The van der Waals surface area contributed by atoms with Gasteiger partial charge in [0.2, 0.25) is 0 Å². The Hall–Kier alpha value is -0.900. The predicted molar refractivity (Wildman–Crippen MR) is 70.1 cm³/mol. The van der Waals surface area contributed by atoms with Crippen LogP contribution in [0.3, 0.4) is 0 Å². The molecule has 96 valence electrons. The van der Waals surface area contributed by atoms with Crippen LogP contribution >= 0.6 is 0 Å². The molecule has 0 fully saturated rings. The zero-order valence-electron chi connectivity index (χ0n) is 11.0. The molecule has 2 unspecified atom stereocenters. The van der Waals surface area contributed by atoms with Gasteiger partial charge < -0.3 is 14.8 Å². The van der Waals surface area contributed by atoms with Crippen molar-refractivity contribution in [3.63, 3.8) is 0 Å². The minimum absolute atomic E-state index is 0.0303. The molecular weight excluding hydrogens is 214 g/mol. The van der Waals surface area contributed by atoms with Gasteiger partial charge in [-0.15, -0.1) is 0 Å². The summed E-state index contributed by atoms with van der Waals surface area (Å²) in [6.07, 6.45) is 1.13. The van der Waals surface area contributed by atoms with Crippen LogP contribution < -0.4 is 5.32 Å². The van der Waals surface area contributed by atoms with Crippen molar-refractivity contribution in [2.24, 2.45) is 0 Å². The van der Waals surface area contributed by atoms with Crippen LogP contribution in [0, 0.1) is 0 Å². The van der Waals surface area contributed by atoms with Crippen LogP contribution in [0.25, 0.3) is 0 Å². The van der Waals surface area contributed by atoms with Crippen LogP contribution in [-0.4, -0.2) is 33.4 Å². The van der Waals surface area contributed by atoms with Crippen LogP contribution in [0.2, 0.25) is 0 Å². The van der Waals surface area contributed by atoms with Gasteiger partial charge in [-0.2, -0.15) is 0 Å². The lowest BCUT2D eigenvalue weighted by molar-refractivity contribution is 0.0334. The molecule has 0 aliphatic heterocycles. The van der Waals surface area contributed by atoms with Crippen molar-refractivity contribution in [2.75, 3.05) is 27.4 Å². The largest absolute Gasteiger partial charge is 0.383 e. The molecule has 0 heterocycles. The van der Waals surface area contributed by atoms with Gasteiger partial charge in [0.25, 0.3) is 0 Å². The first-order valence-electron chi connectivity index (χ1n) is 6.13. The highest BCUT2D eigenvalue weighted by molar-refractivity contribution is 5.19. The van der Waals surface area contributed by atoms with E-state index in [9.17, 15) is 0 Å². The minimum Gasteiger partial charge on any atom is -0.383 e. The standard InChI is InChI=1S/C14H23NO2/c1-4-10-15-13(11-16-2)14(17-3)12-8-6-5-7-9-12/h5-9,13-15H,4,10-11H2,1-3H3. The van der Waals surface area contributed by atoms with Gasteiger partial charge in [-0.3, -0.25) is 0 Å². The molecule has 0 spiro atoms. The maximum absolute atomic E-state index is 5.61. The lowest BCUT2D eigenvalue weighted by Gasteiger charge is -2.26. The Balaban J connectivity index is 2.73. The van der Waals surface area contributed by atoms with Crippen LogP contribution in [0.1, 0.15) is 25.0 Å². The molecule has 0 bridgehead atoms. The molecule has 3 heteroatoms. The fourth-order valence-corrected chi connectivity index (χ4v) is 1.94. The van der Waals surface area contributed by atoms with E-state index in [1.165, 1.54) is 5.56 Å². The smallest absolute Gasteiger partial charge is 0.0996 e. The number of ether oxygens (including phenoxy) is 2.